The summed E-state index contributed by atoms with van der Waals surface area (Å²) in [6.45, 7) is 3.10. The molecule has 4 heteroatoms. The molecule has 3 nitrogen and oxygen atoms in total. The van der Waals surface area contributed by atoms with Crippen LogP contribution in [0.25, 0.3) is 6.08 Å². The first kappa shape index (κ1) is 16.6. The summed E-state index contributed by atoms with van der Waals surface area (Å²) in [5, 5.41) is 0. The molecule has 3 rings (SSSR count). The summed E-state index contributed by atoms with van der Waals surface area (Å²) in [5.74, 6) is 1.14. The van der Waals surface area contributed by atoms with E-state index in [0.717, 1.165) is 31.6 Å². The molecule has 2 aliphatic rings. The van der Waals surface area contributed by atoms with Crippen molar-refractivity contribution < 1.29 is 14.3 Å². The van der Waals surface area contributed by atoms with E-state index in [9.17, 15) is 4.79 Å². The second kappa shape index (κ2) is 7.54. The SMILES string of the molecule is CCOC(=O)CC1CCCC2(OCCS2)C1=Cc1ccccc1. The van der Waals surface area contributed by atoms with Crippen LogP contribution in [0.15, 0.2) is 35.9 Å². The van der Waals surface area contributed by atoms with Gasteiger partial charge >= 0.3 is 5.97 Å². The lowest BCUT2D eigenvalue weighted by molar-refractivity contribution is -0.144. The van der Waals surface area contributed by atoms with Crippen LogP contribution in [0.1, 0.15) is 38.2 Å². The van der Waals surface area contributed by atoms with E-state index in [1.54, 1.807) is 0 Å². The lowest BCUT2D eigenvalue weighted by atomic mass is 9.79. The van der Waals surface area contributed by atoms with Crippen LogP contribution >= 0.6 is 11.8 Å². The van der Waals surface area contributed by atoms with Gasteiger partial charge in [-0.1, -0.05) is 36.4 Å². The smallest absolute Gasteiger partial charge is 0.306 e. The standard InChI is InChI=1S/C19H24O3S/c1-2-21-18(20)14-16-9-6-10-19(22-11-12-23-19)17(16)13-15-7-4-3-5-8-15/h3-5,7-8,13,16H,2,6,9-12,14H2,1H3. The Balaban J connectivity index is 1.90. The first-order chi connectivity index (χ1) is 11.2. The second-order valence-electron chi connectivity index (χ2n) is 6.06. The summed E-state index contributed by atoms with van der Waals surface area (Å²) in [7, 11) is 0. The minimum absolute atomic E-state index is 0.100. The van der Waals surface area contributed by atoms with Crippen LogP contribution in [-0.2, 0) is 14.3 Å². The van der Waals surface area contributed by atoms with Crippen molar-refractivity contribution >= 4 is 23.8 Å². The van der Waals surface area contributed by atoms with E-state index in [1.165, 1.54) is 11.1 Å². The van der Waals surface area contributed by atoms with Crippen LogP contribution in [0.5, 0.6) is 0 Å². The topological polar surface area (TPSA) is 35.5 Å². The molecule has 1 aliphatic heterocycles. The highest BCUT2D eigenvalue weighted by Gasteiger charge is 2.45. The first-order valence-electron chi connectivity index (χ1n) is 8.44. The van der Waals surface area contributed by atoms with Gasteiger partial charge in [0.1, 0.15) is 4.93 Å². The normalized spacial score (nSPS) is 29.1. The maximum atomic E-state index is 12.0. The van der Waals surface area contributed by atoms with Gasteiger partial charge < -0.3 is 9.47 Å². The molecule has 1 heterocycles. The number of carbonyl (C=O) groups excluding carboxylic acids is 1. The maximum absolute atomic E-state index is 12.0. The molecule has 1 spiro atoms. The number of carbonyl (C=O) groups is 1. The molecule has 0 N–H and O–H groups in total. The van der Waals surface area contributed by atoms with Crippen molar-refractivity contribution in [2.75, 3.05) is 19.0 Å². The van der Waals surface area contributed by atoms with Crippen molar-refractivity contribution in [1.82, 2.24) is 0 Å². The monoisotopic (exact) mass is 332 g/mol. The summed E-state index contributed by atoms with van der Waals surface area (Å²) in [6.07, 6.45) is 5.86. The average Bonchev–Trinajstić information content (AvgIpc) is 3.01. The highest BCUT2D eigenvalue weighted by molar-refractivity contribution is 8.00. The molecular weight excluding hydrogens is 308 g/mol. The lowest BCUT2D eigenvalue weighted by Crippen LogP contribution is -2.36. The average molecular weight is 332 g/mol. The summed E-state index contributed by atoms with van der Waals surface area (Å²) < 4.78 is 11.4. The zero-order valence-corrected chi connectivity index (χ0v) is 14.4. The molecule has 23 heavy (non-hydrogen) atoms. The van der Waals surface area contributed by atoms with Gasteiger partial charge in [0.15, 0.2) is 0 Å². The van der Waals surface area contributed by atoms with Crippen molar-refractivity contribution in [1.29, 1.82) is 0 Å². The van der Waals surface area contributed by atoms with Crippen LogP contribution in [0.4, 0.5) is 0 Å². The summed E-state index contributed by atoms with van der Waals surface area (Å²) in [4.78, 5) is 11.8. The molecule has 124 valence electrons. The summed E-state index contributed by atoms with van der Waals surface area (Å²) >= 11 is 1.89. The Labute approximate surface area is 142 Å². The number of benzene rings is 1. The molecule has 0 radical (unpaired) electrons. The predicted octanol–water partition coefficient (Wildman–Crippen LogP) is 4.28. The van der Waals surface area contributed by atoms with E-state index in [1.807, 2.05) is 36.9 Å². The van der Waals surface area contributed by atoms with Gasteiger partial charge in [-0.3, -0.25) is 4.79 Å². The summed E-state index contributed by atoms with van der Waals surface area (Å²) in [5.41, 5.74) is 2.44. The lowest BCUT2D eigenvalue weighted by Gasteiger charge is -2.39. The molecule has 2 unspecified atom stereocenters. The molecule has 1 saturated heterocycles. The fraction of sp³-hybridized carbons (Fsp3) is 0.526. The van der Waals surface area contributed by atoms with E-state index in [-0.39, 0.29) is 16.8 Å². The fourth-order valence-corrected chi connectivity index (χ4v) is 4.89. The molecule has 2 fully saturated rings. The highest BCUT2D eigenvalue weighted by atomic mass is 32.2. The van der Waals surface area contributed by atoms with Crippen molar-refractivity contribution in [2.24, 2.45) is 5.92 Å². The van der Waals surface area contributed by atoms with Crippen LogP contribution in [0.2, 0.25) is 0 Å². The Hall–Kier alpha value is -1.26. The fourth-order valence-electron chi connectivity index (χ4n) is 3.55. The zero-order chi connectivity index (χ0) is 16.1. The van der Waals surface area contributed by atoms with Gasteiger partial charge in [-0.2, -0.15) is 0 Å². The Morgan fingerprint density at radius 1 is 1.43 bits per heavy atom. The molecule has 0 bridgehead atoms. The Kier molecular flexibility index (Phi) is 5.44. The molecule has 1 aliphatic carbocycles. The van der Waals surface area contributed by atoms with Gasteiger partial charge in [-0.15, -0.1) is 11.8 Å². The van der Waals surface area contributed by atoms with E-state index < -0.39 is 0 Å². The molecular formula is C19H24O3S. The number of hydrogen-bond donors (Lipinski definition) is 0. The number of ether oxygens (including phenoxy) is 2. The van der Waals surface area contributed by atoms with Crippen molar-refractivity contribution in [2.45, 2.75) is 37.5 Å². The number of esters is 1. The van der Waals surface area contributed by atoms with Gasteiger partial charge in [-0.05, 0) is 43.2 Å². The van der Waals surface area contributed by atoms with Gasteiger partial charge in [0.25, 0.3) is 0 Å². The van der Waals surface area contributed by atoms with Crippen LogP contribution in [0.3, 0.4) is 0 Å². The Morgan fingerprint density at radius 3 is 2.96 bits per heavy atom. The largest absolute Gasteiger partial charge is 0.466 e. The van der Waals surface area contributed by atoms with Crippen LogP contribution < -0.4 is 0 Å². The zero-order valence-electron chi connectivity index (χ0n) is 13.6. The molecule has 0 amide bonds. The Morgan fingerprint density at radius 2 is 2.26 bits per heavy atom. The van der Waals surface area contributed by atoms with E-state index in [4.69, 9.17) is 9.47 Å². The summed E-state index contributed by atoms with van der Waals surface area (Å²) in [6, 6.07) is 10.3. The molecule has 0 aromatic heterocycles. The third-order valence-corrected chi connectivity index (χ3v) is 5.93. The maximum Gasteiger partial charge on any atom is 0.306 e. The van der Waals surface area contributed by atoms with Gasteiger partial charge in [0.2, 0.25) is 0 Å². The number of thioether (sulfide) groups is 1. The van der Waals surface area contributed by atoms with Gasteiger partial charge in [0, 0.05) is 5.75 Å². The van der Waals surface area contributed by atoms with Crippen molar-refractivity contribution in [3.8, 4) is 0 Å². The molecule has 1 aromatic carbocycles. The minimum Gasteiger partial charge on any atom is -0.466 e. The van der Waals surface area contributed by atoms with Crippen molar-refractivity contribution in [3.63, 3.8) is 0 Å². The molecule has 2 atom stereocenters. The minimum atomic E-state index is -0.231. The van der Waals surface area contributed by atoms with E-state index in [0.29, 0.717) is 13.0 Å². The number of rotatable bonds is 4. The van der Waals surface area contributed by atoms with Gasteiger partial charge in [0.05, 0.1) is 19.6 Å². The van der Waals surface area contributed by atoms with Crippen LogP contribution in [-0.4, -0.2) is 29.9 Å². The predicted molar refractivity (Wildman–Crippen MR) is 94.2 cm³/mol. The second-order valence-corrected chi connectivity index (χ2v) is 7.41. The highest BCUT2D eigenvalue weighted by Crippen LogP contribution is 2.51. The third kappa shape index (κ3) is 3.81. The van der Waals surface area contributed by atoms with E-state index in [2.05, 4.69) is 18.2 Å². The van der Waals surface area contributed by atoms with Gasteiger partial charge in [-0.25, -0.2) is 0 Å². The Bertz CT molecular complexity index is 561. The van der Waals surface area contributed by atoms with Crippen molar-refractivity contribution in [3.05, 3.63) is 41.5 Å². The van der Waals surface area contributed by atoms with Crippen LogP contribution in [0, 0.1) is 5.92 Å². The number of hydrogen-bond acceptors (Lipinski definition) is 4. The molecule has 1 aromatic rings. The quantitative estimate of drug-likeness (QED) is 0.771. The molecule has 1 saturated carbocycles. The first-order valence-corrected chi connectivity index (χ1v) is 9.43. The van der Waals surface area contributed by atoms with E-state index >= 15 is 0 Å². The third-order valence-electron chi connectivity index (χ3n) is 4.53.